The number of benzene rings is 2. The molecule has 1 aromatic heterocycles. The predicted octanol–water partition coefficient (Wildman–Crippen LogP) is 3.67. The Kier molecular flexibility index (Phi) is 6.50. The number of para-hydroxylation sites is 1. The van der Waals surface area contributed by atoms with Gasteiger partial charge in [-0.2, -0.15) is 0 Å². The molecule has 0 saturated carbocycles. The average Bonchev–Trinajstić information content (AvgIpc) is 3.30. The van der Waals surface area contributed by atoms with Crippen LogP contribution in [-0.4, -0.2) is 46.1 Å². The van der Waals surface area contributed by atoms with Gasteiger partial charge in [-0.05, 0) is 30.7 Å². The van der Waals surface area contributed by atoms with Crippen molar-refractivity contribution < 1.29 is 14.4 Å². The highest BCUT2D eigenvalue weighted by atomic mass is 16.2. The van der Waals surface area contributed by atoms with E-state index >= 15 is 0 Å². The number of aromatic nitrogens is 2. The fraction of sp³-hybridized carbons (Fsp3) is 0.269. The van der Waals surface area contributed by atoms with E-state index in [0.717, 1.165) is 5.56 Å². The average molecular weight is 473 g/mol. The van der Waals surface area contributed by atoms with Gasteiger partial charge in [0.2, 0.25) is 6.17 Å². The highest BCUT2D eigenvalue weighted by Gasteiger charge is 2.36. The second-order valence-corrected chi connectivity index (χ2v) is 9.43. The Morgan fingerprint density at radius 3 is 2.57 bits per heavy atom. The maximum absolute atomic E-state index is 13.7. The Labute approximate surface area is 203 Å². The second kappa shape index (κ2) is 9.54. The number of aryl methyl sites for hydroxylation is 1. The van der Waals surface area contributed by atoms with Gasteiger partial charge in [0.05, 0.1) is 36.2 Å². The van der Waals surface area contributed by atoms with Crippen molar-refractivity contribution in [1.82, 2.24) is 15.3 Å². The third-order valence-electron chi connectivity index (χ3n) is 5.64. The van der Waals surface area contributed by atoms with E-state index in [0.29, 0.717) is 28.3 Å². The molecule has 3 amide bonds. The number of carbonyl (C=O) groups is 3. The smallest absolute Gasteiger partial charge is 0.321 e. The van der Waals surface area contributed by atoms with Gasteiger partial charge >= 0.3 is 6.03 Å². The van der Waals surface area contributed by atoms with Crippen molar-refractivity contribution >= 4 is 34.8 Å². The number of amides is 3. The van der Waals surface area contributed by atoms with Crippen molar-refractivity contribution in [2.75, 3.05) is 16.8 Å². The van der Waals surface area contributed by atoms with Gasteiger partial charge < -0.3 is 20.5 Å². The lowest BCUT2D eigenvalue weighted by Gasteiger charge is -2.28. The van der Waals surface area contributed by atoms with E-state index in [9.17, 15) is 14.4 Å². The number of H-pyrrole nitrogens is 1. The van der Waals surface area contributed by atoms with Crippen LogP contribution in [0.1, 0.15) is 37.6 Å². The lowest BCUT2D eigenvalue weighted by Crippen LogP contribution is -2.50. The summed E-state index contributed by atoms with van der Waals surface area (Å²) in [5.74, 6) is -0.627. The number of Topliss-reactive ketones (excluding diaryl/α,β-unsaturated/α-hetero) is 1. The molecule has 1 aliphatic rings. The summed E-state index contributed by atoms with van der Waals surface area (Å²) in [7, 11) is 0. The van der Waals surface area contributed by atoms with Crippen LogP contribution in [0.25, 0.3) is 0 Å². The van der Waals surface area contributed by atoms with E-state index in [1.165, 1.54) is 11.2 Å². The van der Waals surface area contributed by atoms with E-state index in [1.54, 1.807) is 45.2 Å². The van der Waals surface area contributed by atoms with Gasteiger partial charge in [0.25, 0.3) is 5.91 Å². The minimum absolute atomic E-state index is 0.117. The van der Waals surface area contributed by atoms with Crippen LogP contribution >= 0.6 is 0 Å². The van der Waals surface area contributed by atoms with Crippen LogP contribution in [0.2, 0.25) is 0 Å². The molecule has 0 radical (unpaired) electrons. The number of nitrogens with zero attached hydrogens (tertiary/aromatic N) is 3. The number of ketones is 1. The lowest BCUT2D eigenvalue weighted by atomic mass is 9.90. The molecule has 1 aliphatic heterocycles. The number of aromatic amines is 1. The van der Waals surface area contributed by atoms with Crippen LogP contribution in [0.4, 0.5) is 16.2 Å². The summed E-state index contributed by atoms with van der Waals surface area (Å²) < 4.78 is 0. The maximum atomic E-state index is 13.7. The Bertz CT molecular complexity index is 1290. The van der Waals surface area contributed by atoms with Gasteiger partial charge in [-0.15, -0.1) is 0 Å². The van der Waals surface area contributed by atoms with Crippen LogP contribution < -0.4 is 15.5 Å². The summed E-state index contributed by atoms with van der Waals surface area (Å²) in [5.41, 5.74) is 3.14. The molecule has 0 fully saturated rings. The van der Waals surface area contributed by atoms with Gasteiger partial charge in [-0.25, -0.2) is 14.8 Å². The van der Waals surface area contributed by atoms with Crippen LogP contribution in [0.15, 0.2) is 66.0 Å². The molecule has 0 bridgehead atoms. The van der Waals surface area contributed by atoms with Crippen LogP contribution in [0.5, 0.6) is 0 Å². The zero-order valence-corrected chi connectivity index (χ0v) is 20.1. The van der Waals surface area contributed by atoms with Crippen molar-refractivity contribution in [2.45, 2.75) is 33.9 Å². The fourth-order valence-electron chi connectivity index (χ4n) is 3.68. The highest BCUT2D eigenvalue weighted by Crippen LogP contribution is 2.29. The fourth-order valence-corrected chi connectivity index (χ4v) is 3.68. The number of hydrogen-bond acceptors (Lipinski definition) is 5. The third kappa shape index (κ3) is 5.29. The minimum atomic E-state index is -1.27. The number of carbonyl (C=O) groups excluding carboxylic acids is 3. The number of urea groups is 1. The summed E-state index contributed by atoms with van der Waals surface area (Å²) in [6.45, 7) is 7.19. The van der Waals surface area contributed by atoms with Gasteiger partial charge in [0, 0.05) is 16.7 Å². The number of imidazole rings is 1. The molecule has 3 aromatic rings. The molecule has 2 aromatic carbocycles. The predicted molar refractivity (Wildman–Crippen MR) is 135 cm³/mol. The molecule has 2 heterocycles. The van der Waals surface area contributed by atoms with Crippen LogP contribution in [0, 0.1) is 12.3 Å². The summed E-state index contributed by atoms with van der Waals surface area (Å²) >= 11 is 0. The molecule has 0 unspecified atom stereocenters. The third-order valence-corrected chi connectivity index (χ3v) is 5.64. The van der Waals surface area contributed by atoms with E-state index in [1.807, 2.05) is 37.3 Å². The molecule has 9 heteroatoms. The Morgan fingerprint density at radius 2 is 1.89 bits per heavy atom. The normalized spacial score (nSPS) is 15.7. The van der Waals surface area contributed by atoms with E-state index < -0.39 is 23.5 Å². The first-order valence-electron chi connectivity index (χ1n) is 11.3. The van der Waals surface area contributed by atoms with Gasteiger partial charge in [-0.3, -0.25) is 9.59 Å². The molecule has 0 saturated heterocycles. The zero-order valence-electron chi connectivity index (χ0n) is 20.1. The molecule has 1 atom stereocenters. The number of rotatable bonds is 5. The van der Waals surface area contributed by atoms with E-state index in [4.69, 9.17) is 0 Å². The standard InChI is InChI=1S/C26H28N6O3/c1-16-8-7-9-17(12-16)29-25(35)31-23-24(34)32(14-21(33)26(2,3)4)20-11-6-5-10-18(20)22(30-23)19-13-27-15-28-19/h5-13,15,23H,14H2,1-4H3,(H,27,28)(H2,29,31,35)/t23-/m0/s1. The van der Waals surface area contributed by atoms with Crippen molar-refractivity contribution in [3.63, 3.8) is 0 Å². The Balaban J connectivity index is 1.73. The summed E-state index contributed by atoms with van der Waals surface area (Å²) in [5, 5.41) is 5.42. The zero-order chi connectivity index (χ0) is 25.2. The first-order valence-corrected chi connectivity index (χ1v) is 11.3. The molecule has 3 N–H and O–H groups in total. The Hall–Kier alpha value is -4.27. The van der Waals surface area contributed by atoms with E-state index in [2.05, 4.69) is 25.6 Å². The van der Waals surface area contributed by atoms with Crippen molar-refractivity contribution in [2.24, 2.45) is 10.4 Å². The number of fused-ring (bicyclic) bond motifs is 1. The highest BCUT2D eigenvalue weighted by molar-refractivity contribution is 6.20. The Morgan fingerprint density at radius 1 is 1.11 bits per heavy atom. The summed E-state index contributed by atoms with van der Waals surface area (Å²) in [6.07, 6.45) is 1.85. The van der Waals surface area contributed by atoms with Gasteiger partial charge in [0.15, 0.2) is 5.78 Å². The molecule has 0 aliphatic carbocycles. The molecule has 4 rings (SSSR count). The topological polar surface area (TPSA) is 120 Å². The summed E-state index contributed by atoms with van der Waals surface area (Å²) in [4.78, 5) is 52.7. The maximum Gasteiger partial charge on any atom is 0.321 e. The number of nitrogens with one attached hydrogen (secondary N) is 3. The second-order valence-electron chi connectivity index (χ2n) is 9.43. The summed E-state index contributed by atoms with van der Waals surface area (Å²) in [6, 6.07) is 13.9. The van der Waals surface area contributed by atoms with Crippen molar-refractivity contribution in [3.05, 3.63) is 77.9 Å². The number of benzodiazepines with no additional fused rings is 1. The number of anilines is 2. The molecular weight excluding hydrogens is 444 g/mol. The molecule has 0 spiro atoms. The number of hydrogen-bond donors (Lipinski definition) is 3. The first kappa shape index (κ1) is 23.9. The molecule has 35 heavy (non-hydrogen) atoms. The lowest BCUT2D eigenvalue weighted by molar-refractivity contribution is -0.127. The largest absolute Gasteiger partial charge is 0.343 e. The van der Waals surface area contributed by atoms with Gasteiger partial charge in [0.1, 0.15) is 0 Å². The van der Waals surface area contributed by atoms with Crippen LogP contribution in [0.3, 0.4) is 0 Å². The van der Waals surface area contributed by atoms with Crippen molar-refractivity contribution in [3.8, 4) is 0 Å². The monoisotopic (exact) mass is 472 g/mol. The minimum Gasteiger partial charge on any atom is -0.343 e. The molecule has 180 valence electrons. The SMILES string of the molecule is Cc1cccc(NC(=O)N[C@@H]2N=C(c3cnc[nH]3)c3ccccc3N(CC(=O)C(C)(C)C)C2=O)c1. The van der Waals surface area contributed by atoms with Crippen molar-refractivity contribution in [1.29, 1.82) is 0 Å². The van der Waals surface area contributed by atoms with Gasteiger partial charge in [-0.1, -0.05) is 51.1 Å². The quantitative estimate of drug-likeness (QED) is 0.525. The molecule has 9 nitrogen and oxygen atoms in total. The number of aliphatic imine (C=N–C) groups is 1. The molecular formula is C26H28N6O3. The van der Waals surface area contributed by atoms with E-state index in [-0.39, 0.29) is 12.3 Å². The van der Waals surface area contributed by atoms with Crippen LogP contribution in [-0.2, 0) is 9.59 Å². The first-order chi connectivity index (χ1) is 16.6.